The van der Waals surface area contributed by atoms with Gasteiger partial charge in [0, 0.05) is 44.1 Å². The first kappa shape index (κ1) is 19.6. The van der Waals surface area contributed by atoms with Crippen LogP contribution in [0.25, 0.3) is 22.0 Å². The summed E-state index contributed by atoms with van der Waals surface area (Å²) in [6.07, 6.45) is 3.35. The average molecular weight is 436 g/mol. The molecule has 10 heteroatoms. The lowest BCUT2D eigenvalue weighted by atomic mass is 10.1. The van der Waals surface area contributed by atoms with Crippen LogP contribution in [0.15, 0.2) is 51.1 Å². The minimum absolute atomic E-state index is 0.0667. The van der Waals surface area contributed by atoms with E-state index in [1.807, 2.05) is 34.5 Å². The molecule has 0 atom stereocenters. The van der Waals surface area contributed by atoms with Crippen molar-refractivity contribution in [2.75, 3.05) is 26.2 Å². The highest BCUT2D eigenvalue weighted by Gasteiger charge is 2.29. The fourth-order valence-corrected chi connectivity index (χ4v) is 4.26. The largest absolute Gasteiger partial charge is 0.360 e. The molecule has 0 aliphatic carbocycles. The van der Waals surface area contributed by atoms with Crippen molar-refractivity contribution < 1.29 is 13.8 Å². The highest BCUT2D eigenvalue weighted by atomic mass is 32.1. The molecule has 0 bridgehead atoms. The van der Waals surface area contributed by atoms with Gasteiger partial charge in [0.15, 0.2) is 0 Å². The Morgan fingerprint density at radius 1 is 1.10 bits per heavy atom. The Labute approximate surface area is 182 Å². The first-order valence-electron chi connectivity index (χ1n) is 9.94. The van der Waals surface area contributed by atoms with E-state index in [1.54, 1.807) is 30.7 Å². The fraction of sp³-hybridized carbons (Fsp3) is 0.286. The summed E-state index contributed by atoms with van der Waals surface area (Å²) in [4.78, 5) is 26.8. The van der Waals surface area contributed by atoms with E-state index < -0.39 is 0 Å². The van der Waals surface area contributed by atoms with E-state index in [4.69, 9.17) is 9.05 Å². The predicted octanol–water partition coefficient (Wildman–Crippen LogP) is 3.11. The summed E-state index contributed by atoms with van der Waals surface area (Å²) in [6.45, 7) is 4.97. The Bertz CT molecular complexity index is 1160. The van der Waals surface area contributed by atoms with Gasteiger partial charge in [-0.05, 0) is 30.5 Å². The zero-order valence-electron chi connectivity index (χ0n) is 16.9. The van der Waals surface area contributed by atoms with Gasteiger partial charge < -0.3 is 13.9 Å². The van der Waals surface area contributed by atoms with Crippen molar-refractivity contribution in [3.8, 4) is 22.0 Å². The van der Waals surface area contributed by atoms with Crippen molar-refractivity contribution in [1.29, 1.82) is 0 Å². The third kappa shape index (κ3) is 3.99. The second kappa shape index (κ2) is 8.40. The summed E-state index contributed by atoms with van der Waals surface area (Å²) >= 11 is 1.58. The normalized spacial score (nSPS) is 14.8. The van der Waals surface area contributed by atoms with Crippen LogP contribution in [-0.4, -0.2) is 62.2 Å². The summed E-state index contributed by atoms with van der Waals surface area (Å²) < 4.78 is 10.7. The minimum atomic E-state index is -0.0667. The number of nitrogens with zero attached hydrogens (tertiary/aromatic N) is 6. The maximum Gasteiger partial charge on any atom is 0.259 e. The topological polar surface area (TPSA) is 101 Å². The van der Waals surface area contributed by atoms with Gasteiger partial charge in [0.1, 0.15) is 17.0 Å². The number of hydrogen-bond acceptors (Lipinski definition) is 9. The van der Waals surface area contributed by atoms with E-state index in [0.29, 0.717) is 48.4 Å². The highest BCUT2D eigenvalue weighted by Crippen LogP contribution is 2.27. The van der Waals surface area contributed by atoms with Crippen molar-refractivity contribution >= 4 is 17.2 Å². The quantitative estimate of drug-likeness (QED) is 0.470. The predicted molar refractivity (Wildman–Crippen MR) is 113 cm³/mol. The molecule has 158 valence electrons. The molecule has 1 aliphatic heterocycles. The molecule has 0 N–H and O–H groups in total. The lowest BCUT2D eigenvalue weighted by Gasteiger charge is -2.33. The second-order valence-electron chi connectivity index (χ2n) is 7.26. The van der Waals surface area contributed by atoms with Crippen LogP contribution in [0.3, 0.4) is 0 Å². The van der Waals surface area contributed by atoms with Crippen molar-refractivity contribution in [3.05, 3.63) is 59.3 Å². The third-order valence-electron chi connectivity index (χ3n) is 5.26. The summed E-state index contributed by atoms with van der Waals surface area (Å²) in [5, 5.41) is 10.2. The van der Waals surface area contributed by atoms with Gasteiger partial charge in [-0.3, -0.25) is 14.7 Å². The Balaban J connectivity index is 1.23. The molecule has 1 aliphatic rings. The first-order chi connectivity index (χ1) is 15.2. The van der Waals surface area contributed by atoms with E-state index in [2.05, 4.69) is 25.2 Å². The molecule has 1 fully saturated rings. The van der Waals surface area contributed by atoms with Gasteiger partial charge >= 0.3 is 0 Å². The van der Waals surface area contributed by atoms with Crippen LogP contribution in [0, 0.1) is 6.92 Å². The molecule has 0 spiro atoms. The van der Waals surface area contributed by atoms with Crippen molar-refractivity contribution in [1.82, 2.24) is 30.1 Å². The van der Waals surface area contributed by atoms with E-state index in [-0.39, 0.29) is 5.91 Å². The highest BCUT2D eigenvalue weighted by molar-refractivity contribution is 7.13. The lowest BCUT2D eigenvalue weighted by Crippen LogP contribution is -2.48. The number of aromatic nitrogens is 4. The van der Waals surface area contributed by atoms with Crippen LogP contribution in [0.1, 0.15) is 22.0 Å². The van der Waals surface area contributed by atoms with Crippen molar-refractivity contribution in [3.63, 3.8) is 0 Å². The second-order valence-corrected chi connectivity index (χ2v) is 8.20. The van der Waals surface area contributed by atoms with E-state index in [1.165, 1.54) is 0 Å². The first-order valence-corrected chi connectivity index (χ1v) is 10.8. The van der Waals surface area contributed by atoms with Crippen LogP contribution >= 0.6 is 11.3 Å². The summed E-state index contributed by atoms with van der Waals surface area (Å²) in [6, 6.07) is 7.57. The lowest BCUT2D eigenvalue weighted by molar-refractivity contribution is 0.0614. The van der Waals surface area contributed by atoms with Crippen LogP contribution in [0.4, 0.5) is 0 Å². The number of pyridine rings is 1. The van der Waals surface area contributed by atoms with Gasteiger partial charge in [0.25, 0.3) is 5.91 Å². The van der Waals surface area contributed by atoms with Gasteiger partial charge in [-0.2, -0.15) is 4.98 Å². The Morgan fingerprint density at radius 2 is 1.90 bits per heavy atom. The number of rotatable bonds is 5. The number of aryl methyl sites for hydroxylation is 1. The van der Waals surface area contributed by atoms with E-state index in [0.717, 1.165) is 23.5 Å². The molecular formula is C21H20N6O3S. The maximum atomic E-state index is 13.2. The van der Waals surface area contributed by atoms with Crippen molar-refractivity contribution in [2.24, 2.45) is 0 Å². The number of carbonyl (C=O) groups excluding carboxylic acids is 1. The van der Waals surface area contributed by atoms with Gasteiger partial charge in [-0.1, -0.05) is 16.4 Å². The molecule has 4 aromatic heterocycles. The molecule has 5 rings (SSSR count). The summed E-state index contributed by atoms with van der Waals surface area (Å²) in [5.41, 5.74) is 1.88. The summed E-state index contributed by atoms with van der Waals surface area (Å²) in [7, 11) is 0. The molecule has 0 radical (unpaired) electrons. The van der Waals surface area contributed by atoms with Gasteiger partial charge in [-0.25, -0.2) is 0 Å². The number of carbonyl (C=O) groups is 1. The van der Waals surface area contributed by atoms with E-state index >= 15 is 0 Å². The molecule has 0 unspecified atom stereocenters. The monoisotopic (exact) mass is 436 g/mol. The molecule has 9 nitrogen and oxygen atoms in total. The van der Waals surface area contributed by atoms with Crippen molar-refractivity contribution in [2.45, 2.75) is 13.5 Å². The molecule has 0 aromatic carbocycles. The van der Waals surface area contributed by atoms with Gasteiger partial charge in [0.05, 0.1) is 11.4 Å². The standard InChI is InChI=1S/C21H20N6O3S/c1-14-18(19(24-29-14)15-4-6-22-7-5-15)21(28)27-10-8-26(9-11-27)13-17-23-20(25-30-17)16-3-2-12-31-16/h2-7,12H,8-11,13H2,1H3. The number of amides is 1. The van der Waals surface area contributed by atoms with E-state index in [9.17, 15) is 4.79 Å². The SMILES string of the molecule is Cc1onc(-c2ccncc2)c1C(=O)N1CCN(Cc2nc(-c3cccs3)no2)CC1. The number of thiophene rings is 1. The number of piperazine rings is 1. The van der Waals surface area contributed by atoms with Crippen LogP contribution in [0.2, 0.25) is 0 Å². The van der Waals surface area contributed by atoms with Crippen LogP contribution in [0.5, 0.6) is 0 Å². The average Bonchev–Trinajstić information content (AvgIpc) is 3.55. The molecule has 4 aromatic rings. The molecule has 1 amide bonds. The maximum absolute atomic E-state index is 13.2. The van der Waals surface area contributed by atoms with Crippen LogP contribution < -0.4 is 0 Å². The molecule has 5 heterocycles. The zero-order valence-corrected chi connectivity index (χ0v) is 17.7. The van der Waals surface area contributed by atoms with Gasteiger partial charge in [-0.15, -0.1) is 11.3 Å². The minimum Gasteiger partial charge on any atom is -0.360 e. The summed E-state index contributed by atoms with van der Waals surface area (Å²) in [5.74, 6) is 1.65. The van der Waals surface area contributed by atoms with Crippen LogP contribution in [-0.2, 0) is 6.54 Å². The zero-order chi connectivity index (χ0) is 21.2. The molecule has 31 heavy (non-hydrogen) atoms. The molecular weight excluding hydrogens is 416 g/mol. The Kier molecular flexibility index (Phi) is 5.31. The third-order valence-corrected chi connectivity index (χ3v) is 6.12. The number of hydrogen-bond donors (Lipinski definition) is 0. The molecule has 0 saturated carbocycles. The Hall–Kier alpha value is -3.37. The van der Waals surface area contributed by atoms with Gasteiger partial charge in [0.2, 0.25) is 11.7 Å². The molecule has 1 saturated heterocycles. The smallest absolute Gasteiger partial charge is 0.259 e. The Morgan fingerprint density at radius 3 is 2.65 bits per heavy atom. The fourth-order valence-electron chi connectivity index (χ4n) is 3.61.